The zero-order valence-electron chi connectivity index (χ0n) is 9.54. The summed E-state index contributed by atoms with van der Waals surface area (Å²) >= 11 is 1.35. The van der Waals surface area contributed by atoms with E-state index in [1.54, 1.807) is 6.26 Å². The van der Waals surface area contributed by atoms with Gasteiger partial charge in [0.1, 0.15) is 0 Å². The zero-order chi connectivity index (χ0) is 13.7. The number of nitrogens with one attached hydrogen (secondary N) is 1. The number of hydrogen-bond donors (Lipinski definition) is 3. The van der Waals surface area contributed by atoms with Gasteiger partial charge in [-0.15, -0.1) is 0 Å². The molecule has 2 atom stereocenters. The van der Waals surface area contributed by atoms with E-state index in [1.807, 2.05) is 0 Å². The molecule has 0 saturated heterocycles. The Bertz CT molecular complexity index is 258. The van der Waals surface area contributed by atoms with Crippen LogP contribution in [0.15, 0.2) is 0 Å². The second-order valence-electron chi connectivity index (χ2n) is 3.99. The molecule has 8 heteroatoms. The molecule has 0 aliphatic heterocycles. The second-order valence-corrected chi connectivity index (χ2v) is 4.86. The summed E-state index contributed by atoms with van der Waals surface area (Å²) in [6, 6.07) is 0. The van der Waals surface area contributed by atoms with Gasteiger partial charge in [0.05, 0.1) is 5.60 Å². The third-order valence-electron chi connectivity index (χ3n) is 2.00. The Morgan fingerprint density at radius 1 is 1.47 bits per heavy atom. The number of alkyl halides is 3. The van der Waals surface area contributed by atoms with E-state index in [-0.39, 0.29) is 6.54 Å². The molecule has 0 aromatic heterocycles. The van der Waals surface area contributed by atoms with Crippen molar-refractivity contribution in [3.63, 3.8) is 0 Å². The third-order valence-corrected chi connectivity index (χ3v) is 2.91. The van der Waals surface area contributed by atoms with Crippen molar-refractivity contribution in [1.82, 2.24) is 5.32 Å². The van der Waals surface area contributed by atoms with Crippen molar-refractivity contribution in [1.29, 1.82) is 0 Å². The normalized spacial score (nSPS) is 17.5. The summed E-state index contributed by atoms with van der Waals surface area (Å²) in [6.07, 6.45) is -3.03. The van der Waals surface area contributed by atoms with Gasteiger partial charge in [-0.3, -0.25) is 4.79 Å². The monoisotopic (exact) mass is 275 g/mol. The first-order valence-electron chi connectivity index (χ1n) is 4.82. The van der Waals surface area contributed by atoms with Crippen LogP contribution >= 0.6 is 11.8 Å². The van der Waals surface area contributed by atoms with Crippen LogP contribution in [0.4, 0.5) is 13.2 Å². The van der Waals surface area contributed by atoms with Crippen molar-refractivity contribution < 1.29 is 28.2 Å². The lowest BCUT2D eigenvalue weighted by atomic mass is 10.1. The highest BCUT2D eigenvalue weighted by atomic mass is 32.2. The van der Waals surface area contributed by atoms with Gasteiger partial charge >= 0.3 is 12.1 Å². The maximum Gasteiger partial charge on any atom is 0.403 e. The largest absolute Gasteiger partial charge is 0.481 e. The van der Waals surface area contributed by atoms with E-state index in [0.29, 0.717) is 5.75 Å². The van der Waals surface area contributed by atoms with Crippen LogP contribution in [0.25, 0.3) is 0 Å². The summed E-state index contributed by atoms with van der Waals surface area (Å²) in [6.45, 7) is 0.636. The van der Waals surface area contributed by atoms with E-state index in [9.17, 15) is 23.1 Å². The van der Waals surface area contributed by atoms with Crippen LogP contribution in [0, 0.1) is 5.92 Å². The number of halogens is 3. The molecule has 0 saturated carbocycles. The molecular weight excluding hydrogens is 259 g/mol. The Kier molecular flexibility index (Phi) is 6.28. The Hall–Kier alpha value is -0.470. The number of aliphatic hydroxyl groups is 1. The average Bonchev–Trinajstić information content (AvgIpc) is 2.09. The molecule has 102 valence electrons. The second kappa shape index (κ2) is 6.46. The Labute approximate surface area is 102 Å². The number of thioether (sulfide) groups is 1. The van der Waals surface area contributed by atoms with E-state index in [4.69, 9.17) is 5.11 Å². The summed E-state index contributed by atoms with van der Waals surface area (Å²) in [5, 5.41) is 20.4. The Morgan fingerprint density at radius 3 is 2.35 bits per heavy atom. The first-order valence-corrected chi connectivity index (χ1v) is 6.21. The van der Waals surface area contributed by atoms with Gasteiger partial charge in [-0.2, -0.15) is 24.9 Å². The first-order chi connectivity index (χ1) is 7.60. The predicted octanol–water partition coefficient (Wildman–Crippen LogP) is 0.953. The standard InChI is InChI=1S/C9H16F3NO3S/c1-8(16,5-17-2)4-13-3-6(7(14)15)9(10,11)12/h6,13,16H,3-5H2,1-2H3,(H,14,15). The summed E-state index contributed by atoms with van der Waals surface area (Å²) in [4.78, 5) is 10.4. The highest BCUT2D eigenvalue weighted by Gasteiger charge is 2.44. The zero-order valence-corrected chi connectivity index (χ0v) is 10.4. The van der Waals surface area contributed by atoms with Crippen LogP contribution in [0.2, 0.25) is 0 Å². The molecule has 2 unspecified atom stereocenters. The minimum absolute atomic E-state index is 0.0896. The molecular formula is C9H16F3NO3S. The Balaban J connectivity index is 4.21. The van der Waals surface area contributed by atoms with Crippen molar-refractivity contribution >= 4 is 17.7 Å². The minimum atomic E-state index is -4.79. The molecule has 0 amide bonds. The molecule has 0 heterocycles. The molecule has 3 N–H and O–H groups in total. The molecule has 0 aliphatic carbocycles. The highest BCUT2D eigenvalue weighted by Crippen LogP contribution is 2.25. The third kappa shape index (κ3) is 6.75. The summed E-state index contributed by atoms with van der Waals surface area (Å²) < 4.78 is 36.8. The van der Waals surface area contributed by atoms with E-state index >= 15 is 0 Å². The quantitative estimate of drug-likeness (QED) is 0.645. The van der Waals surface area contributed by atoms with E-state index in [1.165, 1.54) is 18.7 Å². The number of hydrogen-bond acceptors (Lipinski definition) is 4. The van der Waals surface area contributed by atoms with Gasteiger partial charge in [0.15, 0.2) is 5.92 Å². The van der Waals surface area contributed by atoms with Gasteiger partial charge < -0.3 is 15.5 Å². The molecule has 0 spiro atoms. The highest BCUT2D eigenvalue weighted by molar-refractivity contribution is 7.98. The fourth-order valence-corrected chi connectivity index (χ4v) is 1.91. The number of aliphatic carboxylic acids is 1. The van der Waals surface area contributed by atoms with Gasteiger partial charge in [0.25, 0.3) is 0 Å². The van der Waals surface area contributed by atoms with Crippen LogP contribution in [-0.2, 0) is 4.79 Å². The topological polar surface area (TPSA) is 69.6 Å². The number of rotatable bonds is 7. The van der Waals surface area contributed by atoms with Crippen LogP contribution in [0.1, 0.15) is 6.92 Å². The maximum absolute atomic E-state index is 12.3. The van der Waals surface area contributed by atoms with E-state index in [0.717, 1.165) is 0 Å². The minimum Gasteiger partial charge on any atom is -0.481 e. The lowest BCUT2D eigenvalue weighted by Crippen LogP contribution is -2.45. The molecule has 0 rings (SSSR count). The predicted molar refractivity (Wildman–Crippen MR) is 59.1 cm³/mol. The fraction of sp³-hybridized carbons (Fsp3) is 0.889. The lowest BCUT2D eigenvalue weighted by Gasteiger charge is -2.24. The molecule has 4 nitrogen and oxygen atoms in total. The SMILES string of the molecule is CSCC(C)(O)CNCC(C(=O)O)C(F)(F)F. The smallest absolute Gasteiger partial charge is 0.403 e. The first kappa shape index (κ1) is 16.5. The lowest BCUT2D eigenvalue weighted by molar-refractivity contribution is -0.192. The van der Waals surface area contributed by atoms with Gasteiger partial charge in [-0.1, -0.05) is 0 Å². The average molecular weight is 275 g/mol. The van der Waals surface area contributed by atoms with Gasteiger partial charge in [-0.05, 0) is 13.2 Å². The molecule has 0 radical (unpaired) electrons. The van der Waals surface area contributed by atoms with Gasteiger partial charge in [0.2, 0.25) is 0 Å². The number of carbonyl (C=O) groups is 1. The van der Waals surface area contributed by atoms with Crippen LogP contribution in [0.5, 0.6) is 0 Å². The molecule has 0 aromatic carbocycles. The summed E-state index contributed by atoms with van der Waals surface area (Å²) in [5.74, 6) is -4.02. The van der Waals surface area contributed by atoms with Crippen molar-refractivity contribution in [2.75, 3.05) is 25.1 Å². The van der Waals surface area contributed by atoms with Crippen molar-refractivity contribution in [2.45, 2.75) is 18.7 Å². The van der Waals surface area contributed by atoms with Crippen LogP contribution in [-0.4, -0.2) is 53.1 Å². The summed E-state index contributed by atoms with van der Waals surface area (Å²) in [7, 11) is 0. The molecule has 0 bridgehead atoms. The molecule has 0 fully saturated rings. The maximum atomic E-state index is 12.3. The van der Waals surface area contributed by atoms with E-state index < -0.39 is 30.2 Å². The Morgan fingerprint density at radius 2 is 2.00 bits per heavy atom. The molecule has 17 heavy (non-hydrogen) atoms. The number of carboxylic acids is 1. The fourth-order valence-electron chi connectivity index (χ4n) is 1.19. The summed E-state index contributed by atoms with van der Waals surface area (Å²) in [5.41, 5.74) is -1.16. The van der Waals surface area contributed by atoms with Crippen LogP contribution in [0.3, 0.4) is 0 Å². The van der Waals surface area contributed by atoms with Gasteiger partial charge in [0, 0.05) is 18.8 Å². The van der Waals surface area contributed by atoms with Crippen LogP contribution < -0.4 is 5.32 Å². The molecule has 0 aliphatic rings. The number of carboxylic acid groups (broad SMARTS) is 1. The molecule has 0 aromatic rings. The van der Waals surface area contributed by atoms with Crippen molar-refractivity contribution in [3.05, 3.63) is 0 Å². The van der Waals surface area contributed by atoms with Gasteiger partial charge in [-0.25, -0.2) is 0 Å². The van der Waals surface area contributed by atoms with Crippen molar-refractivity contribution in [3.8, 4) is 0 Å². The van der Waals surface area contributed by atoms with Crippen molar-refractivity contribution in [2.24, 2.45) is 5.92 Å². The van der Waals surface area contributed by atoms with E-state index in [2.05, 4.69) is 5.32 Å².